The predicted molar refractivity (Wildman–Crippen MR) is 101 cm³/mol. The third-order valence-electron chi connectivity index (χ3n) is 3.76. The number of tetrazole rings is 1. The van der Waals surface area contributed by atoms with Crippen LogP contribution < -0.4 is 0 Å². The molecule has 0 aliphatic heterocycles. The Balaban J connectivity index is 1.54. The van der Waals surface area contributed by atoms with Gasteiger partial charge >= 0.3 is 0 Å². The summed E-state index contributed by atoms with van der Waals surface area (Å²) < 4.78 is 15.7. The van der Waals surface area contributed by atoms with E-state index in [1.165, 1.54) is 12.1 Å². The molecule has 130 valence electrons. The van der Waals surface area contributed by atoms with Crippen LogP contribution in [0.3, 0.4) is 0 Å². The Morgan fingerprint density at radius 1 is 1.08 bits per heavy atom. The first-order valence-electron chi connectivity index (χ1n) is 7.92. The molecule has 0 spiro atoms. The Hall–Kier alpha value is -2.58. The zero-order chi connectivity index (χ0) is 17.9. The summed E-state index contributed by atoms with van der Waals surface area (Å²) in [6.45, 7) is 2.05. The summed E-state index contributed by atoms with van der Waals surface area (Å²) in [6, 6.07) is 16.1. The second kappa shape index (κ2) is 7.35. The number of nitrogens with zero attached hydrogens (tertiary/aromatic N) is 5. The molecule has 0 N–H and O–H groups in total. The fourth-order valence-corrected chi connectivity index (χ4v) is 4.53. The smallest absolute Gasteiger partial charge is 0.169 e. The molecule has 2 heterocycles. The van der Waals surface area contributed by atoms with Crippen LogP contribution in [0, 0.1) is 5.82 Å². The van der Waals surface area contributed by atoms with E-state index >= 15 is 0 Å². The average Bonchev–Trinajstić information content (AvgIpc) is 3.32. The number of thiazole rings is 1. The molecule has 2 aromatic carbocycles. The lowest BCUT2D eigenvalue weighted by molar-refractivity contribution is 0.628. The molecule has 0 saturated heterocycles. The van der Waals surface area contributed by atoms with Crippen molar-refractivity contribution in [3.63, 3.8) is 0 Å². The van der Waals surface area contributed by atoms with Gasteiger partial charge in [-0.25, -0.2) is 9.37 Å². The molecular weight excluding hydrogens is 369 g/mol. The van der Waals surface area contributed by atoms with Gasteiger partial charge in [0.25, 0.3) is 0 Å². The number of rotatable bonds is 5. The zero-order valence-corrected chi connectivity index (χ0v) is 15.4. The van der Waals surface area contributed by atoms with Gasteiger partial charge in [0.05, 0.1) is 16.6 Å². The molecule has 0 aliphatic rings. The van der Waals surface area contributed by atoms with E-state index in [-0.39, 0.29) is 11.1 Å². The number of benzene rings is 2. The van der Waals surface area contributed by atoms with Crippen molar-refractivity contribution >= 4 is 23.1 Å². The van der Waals surface area contributed by atoms with E-state index in [0.717, 1.165) is 27.1 Å². The number of thioether (sulfide) groups is 1. The standard InChI is InChI=1S/C18H14FN5S2/c1-12(17-21-22-23-24(17)15-5-3-2-4-6-15)26-18-20-16(11-25-18)13-7-9-14(19)10-8-13/h2-12H,1H3. The van der Waals surface area contributed by atoms with Crippen LogP contribution in [0.4, 0.5) is 4.39 Å². The number of hydrogen-bond acceptors (Lipinski definition) is 6. The minimum absolute atomic E-state index is 0.0254. The lowest BCUT2D eigenvalue weighted by Gasteiger charge is -2.09. The average molecular weight is 383 g/mol. The van der Waals surface area contributed by atoms with E-state index in [9.17, 15) is 4.39 Å². The topological polar surface area (TPSA) is 56.5 Å². The molecule has 8 heteroatoms. The first-order chi connectivity index (χ1) is 12.7. The molecule has 0 aliphatic carbocycles. The molecule has 0 saturated carbocycles. The summed E-state index contributed by atoms with van der Waals surface area (Å²) in [4.78, 5) is 4.64. The Morgan fingerprint density at radius 3 is 2.62 bits per heavy atom. The summed E-state index contributed by atoms with van der Waals surface area (Å²) in [7, 11) is 0. The molecule has 0 bridgehead atoms. The van der Waals surface area contributed by atoms with Gasteiger partial charge in [0.15, 0.2) is 10.2 Å². The number of aromatic nitrogens is 5. The van der Waals surface area contributed by atoms with E-state index in [1.807, 2.05) is 35.7 Å². The van der Waals surface area contributed by atoms with Gasteiger partial charge in [-0.2, -0.15) is 4.68 Å². The van der Waals surface area contributed by atoms with Crippen LogP contribution in [-0.2, 0) is 0 Å². The summed E-state index contributed by atoms with van der Waals surface area (Å²) in [5.41, 5.74) is 2.66. The van der Waals surface area contributed by atoms with Gasteiger partial charge in [-0.1, -0.05) is 30.0 Å². The molecule has 4 rings (SSSR count). The second-order valence-electron chi connectivity index (χ2n) is 5.55. The first kappa shape index (κ1) is 16.9. The first-order valence-corrected chi connectivity index (χ1v) is 9.68. The minimum atomic E-state index is -0.250. The maximum Gasteiger partial charge on any atom is 0.169 e. The highest BCUT2D eigenvalue weighted by Crippen LogP contribution is 2.37. The zero-order valence-electron chi connectivity index (χ0n) is 13.8. The van der Waals surface area contributed by atoms with Gasteiger partial charge in [0.1, 0.15) is 5.82 Å². The van der Waals surface area contributed by atoms with E-state index in [1.54, 1.807) is 39.9 Å². The van der Waals surface area contributed by atoms with Crippen LogP contribution >= 0.6 is 23.1 Å². The van der Waals surface area contributed by atoms with Crippen LogP contribution in [0.1, 0.15) is 18.0 Å². The van der Waals surface area contributed by atoms with Crippen molar-refractivity contribution in [1.29, 1.82) is 0 Å². The van der Waals surface area contributed by atoms with Crippen LogP contribution in [0.5, 0.6) is 0 Å². The van der Waals surface area contributed by atoms with Crippen molar-refractivity contribution in [1.82, 2.24) is 25.2 Å². The third kappa shape index (κ3) is 3.51. The number of hydrogen-bond donors (Lipinski definition) is 0. The summed E-state index contributed by atoms with van der Waals surface area (Å²) in [6.07, 6.45) is 0. The summed E-state index contributed by atoms with van der Waals surface area (Å²) in [5, 5.41) is 14.1. The Kier molecular flexibility index (Phi) is 4.77. The normalized spacial score (nSPS) is 12.2. The molecule has 4 aromatic rings. The van der Waals surface area contributed by atoms with Gasteiger partial charge in [-0.3, -0.25) is 0 Å². The van der Waals surface area contributed by atoms with Crippen molar-refractivity contribution in [3.8, 4) is 16.9 Å². The van der Waals surface area contributed by atoms with Crippen LogP contribution in [-0.4, -0.2) is 25.2 Å². The minimum Gasteiger partial charge on any atom is -0.230 e. The van der Waals surface area contributed by atoms with Gasteiger partial charge in [0.2, 0.25) is 0 Å². The van der Waals surface area contributed by atoms with Crippen LogP contribution in [0.2, 0.25) is 0 Å². The number of halogens is 1. The van der Waals surface area contributed by atoms with E-state index in [2.05, 4.69) is 27.4 Å². The Bertz CT molecular complexity index is 998. The van der Waals surface area contributed by atoms with Gasteiger partial charge in [-0.05, 0) is 53.7 Å². The van der Waals surface area contributed by atoms with E-state index in [4.69, 9.17) is 0 Å². The summed E-state index contributed by atoms with van der Waals surface area (Å²) >= 11 is 3.15. The van der Waals surface area contributed by atoms with Crippen molar-refractivity contribution in [3.05, 3.63) is 71.6 Å². The highest BCUT2D eigenvalue weighted by atomic mass is 32.2. The molecular formula is C18H14FN5S2. The van der Waals surface area contributed by atoms with Crippen molar-refractivity contribution in [2.75, 3.05) is 0 Å². The van der Waals surface area contributed by atoms with Crippen molar-refractivity contribution in [2.45, 2.75) is 16.5 Å². The largest absolute Gasteiger partial charge is 0.230 e. The second-order valence-corrected chi connectivity index (χ2v) is 8.00. The van der Waals surface area contributed by atoms with Gasteiger partial charge < -0.3 is 0 Å². The molecule has 0 fully saturated rings. The number of para-hydroxylation sites is 1. The van der Waals surface area contributed by atoms with Crippen LogP contribution in [0.25, 0.3) is 16.9 Å². The van der Waals surface area contributed by atoms with Gasteiger partial charge in [-0.15, -0.1) is 16.4 Å². The molecule has 1 unspecified atom stereocenters. The molecule has 1 atom stereocenters. The Labute approximate surface area is 157 Å². The molecule has 0 radical (unpaired) electrons. The molecule has 5 nitrogen and oxygen atoms in total. The highest BCUT2D eigenvalue weighted by molar-refractivity contribution is 8.01. The SMILES string of the molecule is CC(Sc1nc(-c2ccc(F)cc2)cs1)c1nnnn1-c1ccccc1. The lowest BCUT2D eigenvalue weighted by atomic mass is 10.2. The fraction of sp³-hybridized carbons (Fsp3) is 0.111. The molecule has 26 heavy (non-hydrogen) atoms. The summed E-state index contributed by atoms with van der Waals surface area (Å²) in [5.74, 6) is 0.514. The Morgan fingerprint density at radius 2 is 1.85 bits per heavy atom. The van der Waals surface area contributed by atoms with Crippen molar-refractivity contribution < 1.29 is 4.39 Å². The third-order valence-corrected chi connectivity index (χ3v) is 5.83. The van der Waals surface area contributed by atoms with Gasteiger partial charge in [0, 0.05) is 10.9 Å². The van der Waals surface area contributed by atoms with E-state index in [0.29, 0.717) is 0 Å². The predicted octanol–water partition coefficient (Wildman–Crippen LogP) is 4.78. The molecule has 0 amide bonds. The maximum atomic E-state index is 13.1. The van der Waals surface area contributed by atoms with Crippen molar-refractivity contribution in [2.24, 2.45) is 0 Å². The maximum absolute atomic E-state index is 13.1. The highest BCUT2D eigenvalue weighted by Gasteiger charge is 2.18. The molecule has 2 aromatic heterocycles. The monoisotopic (exact) mass is 383 g/mol. The fourth-order valence-electron chi connectivity index (χ4n) is 2.47. The lowest BCUT2D eigenvalue weighted by Crippen LogP contribution is -2.04. The van der Waals surface area contributed by atoms with E-state index < -0.39 is 0 Å². The van der Waals surface area contributed by atoms with Crippen LogP contribution in [0.15, 0.2) is 64.3 Å². The quantitative estimate of drug-likeness (QED) is 0.464.